The summed E-state index contributed by atoms with van der Waals surface area (Å²) in [6.45, 7) is 15.6. The van der Waals surface area contributed by atoms with Gasteiger partial charge in [-0.15, -0.1) is 0 Å². The summed E-state index contributed by atoms with van der Waals surface area (Å²) in [6, 6.07) is 0. The van der Waals surface area contributed by atoms with Crippen LogP contribution in [0.2, 0.25) is 0 Å². The van der Waals surface area contributed by atoms with Gasteiger partial charge in [0.2, 0.25) is 0 Å². The Morgan fingerprint density at radius 2 is 1.95 bits per heavy atom. The molecule has 19 heavy (non-hydrogen) atoms. The third kappa shape index (κ3) is 5.45. The molecule has 3 atom stereocenters. The van der Waals surface area contributed by atoms with Gasteiger partial charge in [-0.05, 0) is 63.5 Å². The van der Waals surface area contributed by atoms with Crippen molar-refractivity contribution in [2.45, 2.75) is 85.6 Å². The molecule has 1 saturated heterocycles. The number of hydrogen-bond acceptors (Lipinski definition) is 1. The van der Waals surface area contributed by atoms with Crippen molar-refractivity contribution in [2.75, 3.05) is 13.6 Å². The molecule has 1 aliphatic rings. The first-order valence-corrected chi connectivity index (χ1v) is 8.37. The van der Waals surface area contributed by atoms with Crippen molar-refractivity contribution in [3.8, 4) is 0 Å². The Kier molecular flexibility index (Phi) is 5.92. The number of rotatable bonds is 5. The van der Waals surface area contributed by atoms with Gasteiger partial charge in [-0.3, -0.25) is 0 Å². The summed E-state index contributed by atoms with van der Waals surface area (Å²) >= 11 is 0. The average molecular weight is 268 g/mol. The molecule has 0 amide bonds. The topological polar surface area (TPSA) is 3.24 Å². The Hall–Kier alpha value is -0.0400. The van der Waals surface area contributed by atoms with Crippen LogP contribution in [-0.2, 0) is 0 Å². The lowest BCUT2D eigenvalue weighted by atomic mass is 9.76. The van der Waals surface area contributed by atoms with Gasteiger partial charge in [0, 0.05) is 5.54 Å². The van der Waals surface area contributed by atoms with E-state index < -0.39 is 0 Å². The zero-order chi connectivity index (χ0) is 14.7. The predicted octanol–water partition coefficient (Wildman–Crippen LogP) is 5.35. The molecule has 0 aliphatic carbocycles. The normalized spacial score (nSPS) is 31.4. The summed E-state index contributed by atoms with van der Waals surface area (Å²) in [5.74, 6) is 1.84. The SMILES string of the molecule is CCC1(C)CC(CCC(C)CC(C)(C)C)CCN1C. The minimum Gasteiger partial charge on any atom is -0.301 e. The van der Waals surface area contributed by atoms with E-state index in [0.29, 0.717) is 11.0 Å². The van der Waals surface area contributed by atoms with Crippen LogP contribution in [-0.4, -0.2) is 24.0 Å². The van der Waals surface area contributed by atoms with E-state index in [1.54, 1.807) is 0 Å². The fourth-order valence-electron chi connectivity index (χ4n) is 3.85. The first-order chi connectivity index (χ1) is 8.66. The second-order valence-corrected chi connectivity index (χ2v) is 8.58. The lowest BCUT2D eigenvalue weighted by Gasteiger charge is -2.46. The van der Waals surface area contributed by atoms with Crippen molar-refractivity contribution in [3.63, 3.8) is 0 Å². The molecule has 0 N–H and O–H groups in total. The van der Waals surface area contributed by atoms with Crippen LogP contribution >= 0.6 is 0 Å². The molecule has 0 aromatic rings. The van der Waals surface area contributed by atoms with Crippen LogP contribution < -0.4 is 0 Å². The van der Waals surface area contributed by atoms with E-state index in [-0.39, 0.29) is 0 Å². The molecule has 3 unspecified atom stereocenters. The summed E-state index contributed by atoms with van der Waals surface area (Å²) in [6.07, 6.45) is 8.34. The summed E-state index contributed by atoms with van der Waals surface area (Å²) in [5, 5.41) is 0. The lowest BCUT2D eigenvalue weighted by molar-refractivity contribution is 0.0485. The molecule has 1 rings (SSSR count). The standard InChI is InChI=1S/C18H37N/c1-8-18(6)14-16(11-12-19(18)7)10-9-15(2)13-17(3,4)5/h15-16H,8-14H2,1-7H3. The highest BCUT2D eigenvalue weighted by Gasteiger charge is 2.34. The second-order valence-electron chi connectivity index (χ2n) is 8.58. The quantitative estimate of drug-likeness (QED) is 0.649. The van der Waals surface area contributed by atoms with Crippen molar-refractivity contribution >= 4 is 0 Å². The zero-order valence-electron chi connectivity index (χ0n) is 14.6. The molecule has 0 saturated carbocycles. The van der Waals surface area contributed by atoms with Gasteiger partial charge in [0.25, 0.3) is 0 Å². The summed E-state index contributed by atoms with van der Waals surface area (Å²) in [5.41, 5.74) is 0.945. The molecule has 0 bridgehead atoms. The summed E-state index contributed by atoms with van der Waals surface area (Å²) in [4.78, 5) is 2.59. The molecular weight excluding hydrogens is 230 g/mol. The van der Waals surface area contributed by atoms with E-state index in [4.69, 9.17) is 0 Å². The van der Waals surface area contributed by atoms with Crippen LogP contribution in [0.3, 0.4) is 0 Å². The largest absolute Gasteiger partial charge is 0.301 e. The van der Waals surface area contributed by atoms with E-state index in [2.05, 4.69) is 53.5 Å². The van der Waals surface area contributed by atoms with E-state index in [1.807, 2.05) is 0 Å². The lowest BCUT2D eigenvalue weighted by Crippen LogP contribution is -2.49. The third-order valence-electron chi connectivity index (χ3n) is 5.31. The Morgan fingerprint density at radius 3 is 2.47 bits per heavy atom. The van der Waals surface area contributed by atoms with Crippen LogP contribution in [0.25, 0.3) is 0 Å². The van der Waals surface area contributed by atoms with Crippen molar-refractivity contribution in [1.29, 1.82) is 0 Å². The fraction of sp³-hybridized carbons (Fsp3) is 1.00. The van der Waals surface area contributed by atoms with Crippen molar-refractivity contribution in [2.24, 2.45) is 17.3 Å². The monoisotopic (exact) mass is 267 g/mol. The summed E-state index contributed by atoms with van der Waals surface area (Å²) in [7, 11) is 2.31. The van der Waals surface area contributed by atoms with E-state index in [9.17, 15) is 0 Å². The maximum Gasteiger partial charge on any atom is 0.0178 e. The van der Waals surface area contributed by atoms with E-state index in [1.165, 1.54) is 45.1 Å². The zero-order valence-corrected chi connectivity index (χ0v) is 14.6. The number of piperidine rings is 1. The number of nitrogens with zero attached hydrogens (tertiary/aromatic N) is 1. The van der Waals surface area contributed by atoms with Gasteiger partial charge in [-0.25, -0.2) is 0 Å². The van der Waals surface area contributed by atoms with Crippen molar-refractivity contribution in [3.05, 3.63) is 0 Å². The van der Waals surface area contributed by atoms with Crippen LogP contribution in [0, 0.1) is 17.3 Å². The Labute approximate surface area is 122 Å². The fourth-order valence-corrected chi connectivity index (χ4v) is 3.85. The minimum atomic E-state index is 0.455. The maximum atomic E-state index is 2.59. The molecule has 0 aromatic carbocycles. The van der Waals surface area contributed by atoms with Gasteiger partial charge in [0.15, 0.2) is 0 Å². The number of hydrogen-bond donors (Lipinski definition) is 0. The average Bonchev–Trinajstić information content (AvgIpc) is 2.29. The minimum absolute atomic E-state index is 0.455. The van der Waals surface area contributed by atoms with Crippen LogP contribution in [0.5, 0.6) is 0 Å². The highest BCUT2D eigenvalue weighted by atomic mass is 15.2. The third-order valence-corrected chi connectivity index (χ3v) is 5.31. The molecule has 1 nitrogen and oxygen atoms in total. The van der Waals surface area contributed by atoms with Gasteiger partial charge in [-0.1, -0.05) is 47.5 Å². The van der Waals surface area contributed by atoms with Crippen LogP contribution in [0.4, 0.5) is 0 Å². The van der Waals surface area contributed by atoms with E-state index >= 15 is 0 Å². The highest BCUT2D eigenvalue weighted by molar-refractivity contribution is 4.90. The van der Waals surface area contributed by atoms with Crippen LogP contribution in [0.1, 0.15) is 80.1 Å². The van der Waals surface area contributed by atoms with Crippen LogP contribution in [0.15, 0.2) is 0 Å². The first-order valence-electron chi connectivity index (χ1n) is 8.37. The Balaban J connectivity index is 2.38. The first kappa shape index (κ1) is 17.0. The van der Waals surface area contributed by atoms with Crippen molar-refractivity contribution < 1.29 is 0 Å². The van der Waals surface area contributed by atoms with Crippen molar-refractivity contribution in [1.82, 2.24) is 4.90 Å². The molecule has 1 heteroatoms. The molecule has 1 aliphatic heterocycles. The molecule has 0 radical (unpaired) electrons. The Morgan fingerprint density at radius 1 is 1.32 bits per heavy atom. The van der Waals surface area contributed by atoms with Gasteiger partial charge in [-0.2, -0.15) is 0 Å². The molecular formula is C18H37N. The highest BCUT2D eigenvalue weighted by Crippen LogP contribution is 2.36. The smallest absolute Gasteiger partial charge is 0.0178 e. The van der Waals surface area contributed by atoms with Gasteiger partial charge < -0.3 is 4.90 Å². The van der Waals surface area contributed by atoms with E-state index in [0.717, 1.165) is 11.8 Å². The summed E-state index contributed by atoms with van der Waals surface area (Å²) < 4.78 is 0. The number of likely N-dealkylation sites (tertiary alicyclic amines) is 1. The van der Waals surface area contributed by atoms with Gasteiger partial charge >= 0.3 is 0 Å². The molecule has 0 aromatic heterocycles. The van der Waals surface area contributed by atoms with Gasteiger partial charge in [0.1, 0.15) is 0 Å². The second kappa shape index (κ2) is 6.61. The molecule has 1 heterocycles. The maximum absolute atomic E-state index is 2.59. The molecule has 1 fully saturated rings. The molecule has 114 valence electrons. The Bertz CT molecular complexity index is 265. The van der Waals surface area contributed by atoms with Gasteiger partial charge in [0.05, 0.1) is 0 Å². The predicted molar refractivity (Wildman–Crippen MR) is 86.5 cm³/mol. The molecule has 0 spiro atoms.